The van der Waals surface area contributed by atoms with Crippen LogP contribution < -0.4 is 14.2 Å². The molecular formula is C19H20O4. The highest BCUT2D eigenvalue weighted by atomic mass is 16.5. The number of carbonyl (C=O) groups is 1. The average molecular weight is 312 g/mol. The molecule has 0 saturated heterocycles. The van der Waals surface area contributed by atoms with Gasteiger partial charge in [-0.2, -0.15) is 0 Å². The molecule has 0 N–H and O–H groups in total. The first-order valence-electron chi connectivity index (χ1n) is 7.18. The van der Waals surface area contributed by atoms with Crippen LogP contribution in [0.4, 0.5) is 0 Å². The zero-order valence-corrected chi connectivity index (χ0v) is 13.8. The van der Waals surface area contributed by atoms with Gasteiger partial charge < -0.3 is 14.2 Å². The molecular weight excluding hydrogens is 292 g/mol. The zero-order chi connectivity index (χ0) is 16.8. The minimum absolute atomic E-state index is 0.193. The van der Waals surface area contributed by atoms with Gasteiger partial charge in [0, 0.05) is 12.1 Å². The smallest absolute Gasteiger partial charge is 0.193 e. The van der Waals surface area contributed by atoms with Crippen molar-refractivity contribution in [3.63, 3.8) is 0 Å². The summed E-state index contributed by atoms with van der Waals surface area (Å²) in [5.41, 5.74) is 2.50. The van der Waals surface area contributed by atoms with Gasteiger partial charge in [-0.25, -0.2) is 0 Å². The fraction of sp³-hybridized carbons (Fsp3) is 0.211. The second-order valence-corrected chi connectivity index (χ2v) is 5.02. The molecule has 0 spiro atoms. The second kappa shape index (κ2) is 7.49. The minimum atomic E-state index is -0.193. The summed E-state index contributed by atoms with van der Waals surface area (Å²) in [6.45, 7) is 2.02. The van der Waals surface area contributed by atoms with Crippen LogP contribution >= 0.6 is 0 Å². The summed E-state index contributed by atoms with van der Waals surface area (Å²) in [6.07, 6.45) is 3.28. The Kier molecular flexibility index (Phi) is 5.41. The molecule has 2 aromatic carbocycles. The minimum Gasteiger partial charge on any atom is -0.496 e. The van der Waals surface area contributed by atoms with E-state index < -0.39 is 0 Å². The fourth-order valence-electron chi connectivity index (χ4n) is 2.18. The molecule has 4 nitrogen and oxygen atoms in total. The van der Waals surface area contributed by atoms with E-state index >= 15 is 0 Å². The SMILES string of the molecule is COc1cc(OC)c(C(=O)/C=C/c2ccc(C)cc2)c(OC)c1. The van der Waals surface area contributed by atoms with E-state index in [4.69, 9.17) is 14.2 Å². The summed E-state index contributed by atoms with van der Waals surface area (Å²) in [4.78, 5) is 12.6. The molecule has 2 rings (SSSR count). The molecule has 4 heteroatoms. The van der Waals surface area contributed by atoms with Crippen LogP contribution in [0.2, 0.25) is 0 Å². The van der Waals surface area contributed by atoms with Gasteiger partial charge in [-0.05, 0) is 18.6 Å². The normalized spacial score (nSPS) is 10.6. The van der Waals surface area contributed by atoms with Gasteiger partial charge in [0.15, 0.2) is 5.78 Å². The lowest BCUT2D eigenvalue weighted by Crippen LogP contribution is -2.03. The van der Waals surface area contributed by atoms with Crippen LogP contribution in [0, 0.1) is 6.92 Å². The predicted octanol–water partition coefficient (Wildman–Crippen LogP) is 3.92. The number of rotatable bonds is 6. The maximum Gasteiger partial charge on any atom is 0.193 e. The molecule has 0 bridgehead atoms. The van der Waals surface area contributed by atoms with Gasteiger partial charge in [0.1, 0.15) is 22.8 Å². The summed E-state index contributed by atoms with van der Waals surface area (Å²) >= 11 is 0. The van der Waals surface area contributed by atoms with Crippen molar-refractivity contribution < 1.29 is 19.0 Å². The molecule has 0 radical (unpaired) electrons. The van der Waals surface area contributed by atoms with Crippen molar-refractivity contribution in [2.45, 2.75) is 6.92 Å². The second-order valence-electron chi connectivity index (χ2n) is 5.02. The maximum atomic E-state index is 12.6. The fourth-order valence-corrected chi connectivity index (χ4v) is 2.18. The molecule has 0 aliphatic heterocycles. The monoisotopic (exact) mass is 312 g/mol. The van der Waals surface area contributed by atoms with Gasteiger partial charge in [-0.1, -0.05) is 35.9 Å². The van der Waals surface area contributed by atoms with Gasteiger partial charge in [0.05, 0.1) is 21.3 Å². The first kappa shape index (κ1) is 16.6. The van der Waals surface area contributed by atoms with Crippen molar-refractivity contribution in [1.29, 1.82) is 0 Å². The zero-order valence-electron chi connectivity index (χ0n) is 13.8. The maximum absolute atomic E-state index is 12.6. The van der Waals surface area contributed by atoms with Crippen LogP contribution in [0.1, 0.15) is 21.5 Å². The molecule has 0 heterocycles. The summed E-state index contributed by atoms with van der Waals surface area (Å²) < 4.78 is 15.8. The van der Waals surface area contributed by atoms with Crippen molar-refractivity contribution in [3.8, 4) is 17.2 Å². The number of benzene rings is 2. The number of allylic oxidation sites excluding steroid dienone is 1. The van der Waals surface area contributed by atoms with E-state index in [-0.39, 0.29) is 5.78 Å². The van der Waals surface area contributed by atoms with Crippen LogP contribution in [-0.2, 0) is 0 Å². The Labute approximate surface area is 136 Å². The summed E-state index contributed by atoms with van der Waals surface area (Å²) in [7, 11) is 4.57. The topological polar surface area (TPSA) is 44.8 Å². The first-order chi connectivity index (χ1) is 11.1. The third-order valence-electron chi connectivity index (χ3n) is 3.47. The Morgan fingerprint density at radius 1 is 0.913 bits per heavy atom. The molecule has 23 heavy (non-hydrogen) atoms. The summed E-state index contributed by atoms with van der Waals surface area (Å²) in [5.74, 6) is 1.21. The van der Waals surface area contributed by atoms with Crippen LogP contribution in [-0.4, -0.2) is 27.1 Å². The third kappa shape index (κ3) is 3.92. The van der Waals surface area contributed by atoms with Gasteiger partial charge in [0.25, 0.3) is 0 Å². The number of carbonyl (C=O) groups excluding carboxylic acids is 1. The number of hydrogen-bond acceptors (Lipinski definition) is 4. The highest BCUT2D eigenvalue weighted by Crippen LogP contribution is 2.34. The van der Waals surface area contributed by atoms with E-state index in [9.17, 15) is 4.79 Å². The van der Waals surface area contributed by atoms with Crippen LogP contribution in [0.25, 0.3) is 6.08 Å². The molecule has 120 valence electrons. The molecule has 2 aromatic rings. The number of ether oxygens (including phenoxy) is 3. The predicted molar refractivity (Wildman–Crippen MR) is 90.6 cm³/mol. The van der Waals surface area contributed by atoms with Crippen molar-refractivity contribution >= 4 is 11.9 Å². The van der Waals surface area contributed by atoms with Crippen molar-refractivity contribution in [2.24, 2.45) is 0 Å². The van der Waals surface area contributed by atoms with Gasteiger partial charge in [-0.3, -0.25) is 4.79 Å². The molecule has 0 aliphatic rings. The molecule has 0 fully saturated rings. The number of aryl methyl sites for hydroxylation is 1. The highest BCUT2D eigenvalue weighted by molar-refractivity contribution is 6.10. The van der Waals surface area contributed by atoms with Gasteiger partial charge in [0.2, 0.25) is 0 Å². The number of hydrogen-bond donors (Lipinski definition) is 0. The van der Waals surface area contributed by atoms with E-state index in [0.717, 1.165) is 5.56 Å². The van der Waals surface area contributed by atoms with Crippen molar-refractivity contribution in [2.75, 3.05) is 21.3 Å². The summed E-state index contributed by atoms with van der Waals surface area (Å²) in [6, 6.07) is 11.2. The lowest BCUT2D eigenvalue weighted by Gasteiger charge is -2.13. The molecule has 0 atom stereocenters. The van der Waals surface area contributed by atoms with E-state index in [1.807, 2.05) is 31.2 Å². The average Bonchev–Trinajstić information content (AvgIpc) is 2.59. The largest absolute Gasteiger partial charge is 0.496 e. The van der Waals surface area contributed by atoms with E-state index in [1.165, 1.54) is 25.9 Å². The Morgan fingerprint density at radius 2 is 1.48 bits per heavy atom. The Balaban J connectivity index is 2.36. The van der Waals surface area contributed by atoms with Crippen molar-refractivity contribution in [3.05, 3.63) is 59.2 Å². The van der Waals surface area contributed by atoms with Crippen molar-refractivity contribution in [1.82, 2.24) is 0 Å². The van der Waals surface area contributed by atoms with E-state index in [2.05, 4.69) is 0 Å². The van der Waals surface area contributed by atoms with Crippen LogP contribution in [0.3, 0.4) is 0 Å². The lowest BCUT2D eigenvalue weighted by atomic mass is 10.1. The van der Waals surface area contributed by atoms with Crippen LogP contribution in [0.15, 0.2) is 42.5 Å². The highest BCUT2D eigenvalue weighted by Gasteiger charge is 2.18. The molecule has 0 saturated carbocycles. The first-order valence-corrected chi connectivity index (χ1v) is 7.18. The number of ketones is 1. The number of methoxy groups -OCH3 is 3. The third-order valence-corrected chi connectivity index (χ3v) is 3.47. The Bertz CT molecular complexity index is 690. The summed E-state index contributed by atoms with van der Waals surface area (Å²) in [5, 5.41) is 0. The molecule has 0 unspecified atom stereocenters. The van der Waals surface area contributed by atoms with Gasteiger partial charge >= 0.3 is 0 Å². The lowest BCUT2D eigenvalue weighted by molar-refractivity contribution is 0.104. The molecule has 0 aliphatic carbocycles. The standard InChI is InChI=1S/C19H20O4/c1-13-5-7-14(8-6-13)9-10-16(20)19-17(22-3)11-15(21-2)12-18(19)23-4/h5-12H,1-4H3/b10-9+. The molecule has 0 aromatic heterocycles. The van der Waals surface area contributed by atoms with Gasteiger partial charge in [-0.15, -0.1) is 0 Å². The van der Waals surface area contributed by atoms with E-state index in [1.54, 1.807) is 25.3 Å². The Hall–Kier alpha value is -2.75. The van der Waals surface area contributed by atoms with Crippen LogP contribution in [0.5, 0.6) is 17.2 Å². The molecule has 0 amide bonds. The van der Waals surface area contributed by atoms with E-state index in [0.29, 0.717) is 22.8 Å². The Morgan fingerprint density at radius 3 is 1.96 bits per heavy atom. The quantitative estimate of drug-likeness (QED) is 0.599.